The Kier molecular flexibility index (Phi) is 29.8. The van der Waals surface area contributed by atoms with Crippen LogP contribution in [0.15, 0.2) is 91.0 Å². The molecule has 27 heteroatoms. The minimum absolute atomic E-state index is 0.0494. The van der Waals surface area contributed by atoms with E-state index in [1.165, 1.54) is 32.1 Å². The van der Waals surface area contributed by atoms with E-state index in [0.29, 0.717) is 63.2 Å². The van der Waals surface area contributed by atoms with Gasteiger partial charge in [0.2, 0.25) is 0 Å². The summed E-state index contributed by atoms with van der Waals surface area (Å²) in [5, 5.41) is 58.1. The van der Waals surface area contributed by atoms with E-state index >= 15 is 0 Å². The minimum atomic E-state index is -0.105. The number of amides is 8. The van der Waals surface area contributed by atoms with Crippen molar-refractivity contribution in [1.29, 1.82) is 0 Å². The summed E-state index contributed by atoms with van der Waals surface area (Å²) >= 11 is 0. The summed E-state index contributed by atoms with van der Waals surface area (Å²) in [7, 11) is 7.98. The number of carbonyl (C=O) groups is 4. The smallest absolute Gasteiger partial charge is 0.315 e. The average molecular weight is 1360 g/mol. The van der Waals surface area contributed by atoms with E-state index in [1.807, 2.05) is 133 Å². The van der Waals surface area contributed by atoms with Crippen LogP contribution in [0.4, 0.5) is 19.2 Å². The van der Waals surface area contributed by atoms with Crippen molar-refractivity contribution in [2.45, 2.75) is 166 Å². The number of aryl methyl sites for hydroxylation is 4. The van der Waals surface area contributed by atoms with E-state index in [9.17, 15) is 19.2 Å². The van der Waals surface area contributed by atoms with Gasteiger partial charge in [-0.25, -0.2) is 19.2 Å². The topological polar surface area (TPSA) is 315 Å². The van der Waals surface area contributed by atoms with E-state index in [0.717, 1.165) is 180 Å². The highest BCUT2D eigenvalue weighted by atomic mass is 16.5. The molecule has 4 unspecified atom stereocenters. The van der Waals surface area contributed by atoms with Crippen molar-refractivity contribution < 1.29 is 33.4 Å². The van der Waals surface area contributed by atoms with Gasteiger partial charge < -0.3 is 75.0 Å². The van der Waals surface area contributed by atoms with E-state index in [2.05, 4.69) is 102 Å². The number of nitrogens with one attached hydrogen (secondary N) is 8. The van der Waals surface area contributed by atoms with Gasteiger partial charge in [-0.1, -0.05) is 118 Å². The molecule has 7 heterocycles. The molecule has 0 spiro atoms. The van der Waals surface area contributed by atoms with Crippen LogP contribution in [0.25, 0.3) is 34.2 Å². The van der Waals surface area contributed by atoms with E-state index in [1.54, 1.807) is 0 Å². The van der Waals surface area contributed by atoms with Crippen molar-refractivity contribution in [3.63, 3.8) is 0 Å². The Hall–Kier alpha value is -8.82. The summed E-state index contributed by atoms with van der Waals surface area (Å²) in [6, 6.07) is 30.7. The van der Waals surface area contributed by atoms with Crippen LogP contribution in [-0.2, 0) is 68.1 Å². The third kappa shape index (κ3) is 24.0. The van der Waals surface area contributed by atoms with Crippen LogP contribution in [0.1, 0.15) is 145 Å². The van der Waals surface area contributed by atoms with Crippen LogP contribution in [0.3, 0.4) is 0 Å². The normalized spacial score (nSPS) is 18.5. The van der Waals surface area contributed by atoms with Crippen molar-refractivity contribution >= 4 is 24.1 Å². The molecular formula is C72H106N20O7. The van der Waals surface area contributed by atoms with Gasteiger partial charge in [0, 0.05) is 160 Å². The van der Waals surface area contributed by atoms with Gasteiger partial charge in [-0.2, -0.15) is 0 Å². The molecule has 2 aliphatic carbocycles. The minimum Gasteiger partial charge on any atom is -0.381 e. The van der Waals surface area contributed by atoms with Gasteiger partial charge >= 0.3 is 24.1 Å². The second kappa shape index (κ2) is 39.7. The van der Waals surface area contributed by atoms with Crippen LogP contribution < -0.4 is 42.5 Å². The molecule has 5 fully saturated rings. The predicted octanol–water partition coefficient (Wildman–Crippen LogP) is 8.43. The lowest BCUT2D eigenvalue weighted by molar-refractivity contribution is 0.0419. The molecule has 99 heavy (non-hydrogen) atoms. The van der Waals surface area contributed by atoms with Crippen LogP contribution in [0, 0.1) is 11.8 Å². The van der Waals surface area contributed by atoms with Crippen LogP contribution in [-0.4, -0.2) is 173 Å². The van der Waals surface area contributed by atoms with Gasteiger partial charge in [-0.15, -0.1) is 40.8 Å². The predicted molar refractivity (Wildman–Crippen MR) is 379 cm³/mol. The first-order chi connectivity index (χ1) is 48.3. The molecule has 2 saturated carbocycles. The molecule has 8 N–H and O–H groups in total. The Bertz CT molecular complexity index is 3410. The lowest BCUT2D eigenvalue weighted by atomic mass is 9.86. The number of carbonyl (C=O) groups excluding carboxylic acids is 4. The van der Waals surface area contributed by atoms with E-state index in [-0.39, 0.29) is 42.2 Å². The maximum Gasteiger partial charge on any atom is 0.315 e. The molecule has 3 aromatic carbocycles. The van der Waals surface area contributed by atoms with Gasteiger partial charge in [0.15, 0.2) is 17.5 Å². The summed E-state index contributed by atoms with van der Waals surface area (Å²) in [5.41, 5.74) is 3.17. The highest BCUT2D eigenvalue weighted by Gasteiger charge is 2.30. The number of nitrogens with zero attached hydrogens (tertiary/aromatic N) is 12. The molecular weight excluding hydrogens is 1260 g/mol. The molecule has 7 aromatic rings. The Morgan fingerprint density at radius 3 is 1.10 bits per heavy atom. The standard InChI is InChI=1S/C20H29N5O.C19H27N5O2.C18H25N5O2.C15H25N5O2/c1-15-9-6-7-12-17(15)22-20(26)21-14-8-13-18-23-24-19(25(18)2)16-10-4-3-5-11-16;1-14-13-26-12-10-16(14)21-19(25)20-11-6-9-17-22-23-18(24(17)2)15-7-4-3-5-8-15;1-23-16(21-22-17(23)14-6-3-2-4-7-14)8-5-11-19-18(24)20-15-9-12-25-13-10-15;1-20-13(18-19-14(20)11-4-5-11)3-2-8-16-15(21)17-12-6-9-22-10-7-12/h3-5,10-11,15,17H,6-9,12-14H2,1-2H3,(H2,21,22,26);3-5,7-8,14,16H,6,9-13H2,1-2H3,(H2,20,21,25);2-4,6-7,15H,5,8-13H2,1H3,(H2,19,20,24);11-12H,2-10H2,1H3,(H2,16,17,21). The maximum absolute atomic E-state index is 12.1. The molecule has 4 atom stereocenters. The maximum atomic E-state index is 12.1. The molecule has 5 aliphatic rings. The molecule has 4 aromatic heterocycles. The summed E-state index contributed by atoms with van der Waals surface area (Å²) < 4.78 is 24.1. The SMILES string of the molecule is CC1CCCCC1NC(=O)NCCCc1nnc(-c2ccccc2)n1C.CC1COCCC1NC(=O)NCCCc1nnc(-c2ccccc2)n1C.Cn1c(CCCNC(=O)NC2CCOCC2)nnc1-c1ccccc1.Cn1c(CCCNC(=O)NC2CCOCC2)nnc1C1CC1. The number of benzene rings is 3. The fourth-order valence-electron chi connectivity index (χ4n) is 12.6. The number of urea groups is 4. The molecule has 27 nitrogen and oxygen atoms in total. The zero-order valence-electron chi connectivity index (χ0n) is 58.9. The summed E-state index contributed by atoms with van der Waals surface area (Å²) in [4.78, 5) is 47.8. The first-order valence-corrected chi connectivity index (χ1v) is 35.9. The van der Waals surface area contributed by atoms with Gasteiger partial charge in [0.1, 0.15) is 29.1 Å². The third-order valence-corrected chi connectivity index (χ3v) is 18.9. The van der Waals surface area contributed by atoms with Crippen LogP contribution in [0.2, 0.25) is 0 Å². The highest BCUT2D eigenvalue weighted by molar-refractivity contribution is 5.75. The number of aromatic nitrogens is 12. The van der Waals surface area contributed by atoms with Gasteiger partial charge in [-0.3, -0.25) is 0 Å². The van der Waals surface area contributed by atoms with Crippen molar-refractivity contribution in [2.75, 3.05) is 65.8 Å². The van der Waals surface area contributed by atoms with Gasteiger partial charge in [-0.05, 0) is 95.3 Å². The molecule has 3 saturated heterocycles. The van der Waals surface area contributed by atoms with Crippen LogP contribution in [0.5, 0.6) is 0 Å². The monoisotopic (exact) mass is 1360 g/mol. The number of ether oxygens (including phenoxy) is 3. The van der Waals surface area contributed by atoms with E-state index in [4.69, 9.17) is 14.2 Å². The number of hydrogen-bond donors (Lipinski definition) is 8. The van der Waals surface area contributed by atoms with Crippen molar-refractivity contribution in [3.05, 3.63) is 120 Å². The second-order valence-electron chi connectivity index (χ2n) is 26.5. The zero-order chi connectivity index (χ0) is 69.6. The Labute approximate surface area is 582 Å². The number of hydrogen-bond acceptors (Lipinski definition) is 15. The molecule has 0 bridgehead atoms. The van der Waals surface area contributed by atoms with Gasteiger partial charge in [0.25, 0.3) is 0 Å². The Balaban J connectivity index is 0.000000154. The molecule has 0 radical (unpaired) electrons. The fraction of sp³-hybridized carbons (Fsp3) is 0.583. The van der Waals surface area contributed by atoms with Crippen molar-refractivity contribution in [3.8, 4) is 34.2 Å². The molecule has 12 rings (SSSR count). The first-order valence-electron chi connectivity index (χ1n) is 35.9. The lowest BCUT2D eigenvalue weighted by Gasteiger charge is -2.29. The third-order valence-electron chi connectivity index (χ3n) is 18.9. The highest BCUT2D eigenvalue weighted by Crippen LogP contribution is 2.39. The molecule has 8 amide bonds. The second-order valence-corrected chi connectivity index (χ2v) is 26.5. The van der Waals surface area contributed by atoms with E-state index < -0.39 is 0 Å². The quantitative estimate of drug-likeness (QED) is 0.0263. The Morgan fingerprint density at radius 1 is 0.384 bits per heavy atom. The average Bonchev–Trinajstić information content (AvgIpc) is 1.67. The molecule has 3 aliphatic heterocycles. The summed E-state index contributed by atoms with van der Waals surface area (Å²) in [6.07, 6.45) is 18.2. The Morgan fingerprint density at radius 2 is 0.727 bits per heavy atom. The van der Waals surface area contributed by atoms with Gasteiger partial charge in [0.05, 0.1) is 6.61 Å². The first kappa shape index (κ1) is 74.4. The van der Waals surface area contributed by atoms with Crippen molar-refractivity contribution in [2.24, 2.45) is 40.0 Å². The summed E-state index contributed by atoms with van der Waals surface area (Å²) in [6.45, 7) is 11.2. The van der Waals surface area contributed by atoms with Crippen molar-refractivity contribution in [1.82, 2.24) is 102 Å². The fourth-order valence-corrected chi connectivity index (χ4v) is 12.6. The molecule has 536 valence electrons. The largest absolute Gasteiger partial charge is 0.381 e. The number of rotatable bonds is 24. The zero-order valence-corrected chi connectivity index (χ0v) is 58.9. The van der Waals surface area contributed by atoms with Crippen LogP contribution >= 0.6 is 0 Å². The lowest BCUT2D eigenvalue weighted by Crippen LogP contribution is -2.48. The summed E-state index contributed by atoms with van der Waals surface area (Å²) in [5.74, 6) is 9.04.